The molecule has 0 spiro atoms. The number of hydrogen-bond acceptors (Lipinski definition) is 7. The third kappa shape index (κ3) is 5.74. The molecule has 0 aliphatic heterocycles. The van der Waals surface area contributed by atoms with Gasteiger partial charge in [0.05, 0.1) is 24.9 Å². The van der Waals surface area contributed by atoms with Crippen LogP contribution in [-0.2, 0) is 5.75 Å². The van der Waals surface area contributed by atoms with Crippen LogP contribution in [0, 0.1) is 6.92 Å². The number of likely N-dealkylation sites (N-methyl/N-ethyl adjacent to an activating group) is 1. The number of amides is 1. The number of benzene rings is 1. The van der Waals surface area contributed by atoms with Crippen LogP contribution in [0.15, 0.2) is 58.2 Å². The van der Waals surface area contributed by atoms with Crippen molar-refractivity contribution in [2.24, 2.45) is 0 Å². The first kappa shape index (κ1) is 20.7. The number of nitrogens with zero attached hydrogens (tertiary/aromatic N) is 3. The number of hydrogen-bond donors (Lipinski definition) is 0. The SMILES string of the molecule is COc1ccc(OCCN(C)C(=O)c2cccnc2SCc2cc(C)on2)cc1. The van der Waals surface area contributed by atoms with Crippen LogP contribution in [0.1, 0.15) is 21.8 Å². The van der Waals surface area contributed by atoms with Crippen LogP contribution in [0.3, 0.4) is 0 Å². The summed E-state index contributed by atoms with van der Waals surface area (Å²) >= 11 is 1.46. The van der Waals surface area contributed by atoms with Crippen LogP contribution in [0.4, 0.5) is 0 Å². The third-order valence-corrected chi connectivity index (χ3v) is 5.18. The molecule has 0 radical (unpaired) electrons. The first-order chi connectivity index (χ1) is 14.1. The number of methoxy groups -OCH3 is 1. The Morgan fingerprint density at radius 1 is 1.21 bits per heavy atom. The number of ether oxygens (including phenoxy) is 2. The molecule has 0 fully saturated rings. The molecule has 29 heavy (non-hydrogen) atoms. The zero-order chi connectivity index (χ0) is 20.6. The van der Waals surface area contributed by atoms with Crippen LogP contribution >= 0.6 is 11.8 Å². The molecular weight excluding hydrogens is 390 g/mol. The van der Waals surface area contributed by atoms with E-state index < -0.39 is 0 Å². The van der Waals surface area contributed by atoms with E-state index in [9.17, 15) is 4.79 Å². The Kier molecular flexibility index (Phi) is 7.13. The molecule has 7 nitrogen and oxygen atoms in total. The van der Waals surface area contributed by atoms with E-state index in [0.717, 1.165) is 23.0 Å². The lowest BCUT2D eigenvalue weighted by molar-refractivity contribution is 0.0769. The van der Waals surface area contributed by atoms with Gasteiger partial charge in [-0.25, -0.2) is 4.98 Å². The van der Waals surface area contributed by atoms with Gasteiger partial charge in [0.15, 0.2) is 0 Å². The van der Waals surface area contributed by atoms with E-state index in [0.29, 0.717) is 29.5 Å². The Balaban J connectivity index is 1.55. The van der Waals surface area contributed by atoms with E-state index in [4.69, 9.17) is 14.0 Å². The molecule has 8 heteroatoms. The predicted molar refractivity (Wildman–Crippen MR) is 110 cm³/mol. The number of aromatic nitrogens is 2. The van der Waals surface area contributed by atoms with Crippen molar-refractivity contribution in [3.8, 4) is 11.5 Å². The van der Waals surface area contributed by atoms with Crippen LogP contribution in [0.2, 0.25) is 0 Å². The maximum Gasteiger partial charge on any atom is 0.256 e. The highest BCUT2D eigenvalue weighted by atomic mass is 32.2. The number of carbonyl (C=O) groups excluding carboxylic acids is 1. The second kappa shape index (κ2) is 9.97. The molecule has 0 bridgehead atoms. The van der Waals surface area contributed by atoms with Gasteiger partial charge < -0.3 is 18.9 Å². The van der Waals surface area contributed by atoms with Gasteiger partial charge in [0.25, 0.3) is 5.91 Å². The van der Waals surface area contributed by atoms with E-state index in [-0.39, 0.29) is 5.91 Å². The smallest absolute Gasteiger partial charge is 0.256 e. The normalized spacial score (nSPS) is 10.6. The first-order valence-corrected chi connectivity index (χ1v) is 10.1. The van der Waals surface area contributed by atoms with Crippen molar-refractivity contribution < 1.29 is 18.8 Å². The summed E-state index contributed by atoms with van der Waals surface area (Å²) in [6.07, 6.45) is 1.68. The van der Waals surface area contributed by atoms with Crippen molar-refractivity contribution in [1.82, 2.24) is 15.0 Å². The van der Waals surface area contributed by atoms with Gasteiger partial charge in [-0.2, -0.15) is 0 Å². The maximum atomic E-state index is 12.9. The van der Waals surface area contributed by atoms with E-state index in [1.54, 1.807) is 37.4 Å². The van der Waals surface area contributed by atoms with Crippen LogP contribution in [0.5, 0.6) is 11.5 Å². The predicted octanol–water partition coefficient (Wildman–Crippen LogP) is 3.83. The molecule has 152 valence electrons. The fourth-order valence-electron chi connectivity index (χ4n) is 2.58. The van der Waals surface area contributed by atoms with Gasteiger partial charge in [0.2, 0.25) is 0 Å². The molecule has 0 atom stereocenters. The summed E-state index contributed by atoms with van der Waals surface area (Å²) in [7, 11) is 3.37. The Morgan fingerprint density at radius 3 is 2.66 bits per heavy atom. The Morgan fingerprint density at radius 2 is 1.97 bits per heavy atom. The van der Waals surface area contributed by atoms with Crippen LogP contribution in [0.25, 0.3) is 0 Å². The highest BCUT2D eigenvalue weighted by molar-refractivity contribution is 7.98. The minimum Gasteiger partial charge on any atom is -0.497 e. The van der Waals surface area contributed by atoms with Gasteiger partial charge in [0.1, 0.15) is 28.9 Å². The molecule has 0 saturated carbocycles. The summed E-state index contributed by atoms with van der Waals surface area (Å²) in [4.78, 5) is 18.9. The average Bonchev–Trinajstić information content (AvgIpc) is 3.17. The molecule has 3 rings (SSSR count). The number of thioether (sulfide) groups is 1. The second-order valence-electron chi connectivity index (χ2n) is 6.32. The van der Waals surface area contributed by atoms with E-state index >= 15 is 0 Å². The fraction of sp³-hybridized carbons (Fsp3) is 0.286. The van der Waals surface area contributed by atoms with E-state index in [1.807, 2.05) is 37.3 Å². The molecule has 2 heterocycles. The quantitative estimate of drug-likeness (QED) is 0.493. The summed E-state index contributed by atoms with van der Waals surface area (Å²) in [6, 6.07) is 12.8. The highest BCUT2D eigenvalue weighted by Crippen LogP contribution is 2.25. The van der Waals surface area contributed by atoms with Gasteiger partial charge in [0, 0.05) is 25.1 Å². The number of aryl methyl sites for hydroxylation is 1. The summed E-state index contributed by atoms with van der Waals surface area (Å²) in [5.41, 5.74) is 1.38. The van der Waals surface area contributed by atoms with Gasteiger partial charge in [-0.1, -0.05) is 16.9 Å². The molecule has 3 aromatic rings. The van der Waals surface area contributed by atoms with Gasteiger partial charge in [-0.15, -0.1) is 0 Å². The largest absolute Gasteiger partial charge is 0.497 e. The van der Waals surface area contributed by atoms with Gasteiger partial charge >= 0.3 is 0 Å². The first-order valence-electron chi connectivity index (χ1n) is 9.09. The zero-order valence-corrected chi connectivity index (χ0v) is 17.4. The maximum absolute atomic E-state index is 12.9. The molecule has 0 saturated heterocycles. The van der Waals surface area contributed by atoms with Crippen molar-refractivity contribution in [3.63, 3.8) is 0 Å². The second-order valence-corrected chi connectivity index (χ2v) is 7.29. The topological polar surface area (TPSA) is 77.7 Å². The standard InChI is InChI=1S/C21H23N3O4S/c1-15-13-16(23-28-15)14-29-20-19(5-4-10-22-20)21(25)24(2)11-12-27-18-8-6-17(26-3)7-9-18/h4-10,13H,11-12,14H2,1-3H3. The van der Waals surface area contributed by atoms with Crippen LogP contribution < -0.4 is 9.47 Å². The molecule has 0 unspecified atom stereocenters. The fourth-order valence-corrected chi connectivity index (χ4v) is 3.44. The van der Waals surface area contributed by atoms with Crippen molar-refractivity contribution in [3.05, 3.63) is 65.7 Å². The van der Waals surface area contributed by atoms with Crippen molar-refractivity contribution >= 4 is 17.7 Å². The lowest BCUT2D eigenvalue weighted by atomic mass is 10.2. The molecule has 0 aliphatic carbocycles. The third-order valence-electron chi connectivity index (χ3n) is 4.14. The lowest BCUT2D eigenvalue weighted by Crippen LogP contribution is -2.31. The molecule has 2 aromatic heterocycles. The minimum absolute atomic E-state index is 0.102. The Bertz CT molecular complexity index is 943. The van der Waals surface area contributed by atoms with Crippen LogP contribution in [-0.4, -0.2) is 48.3 Å². The van der Waals surface area contributed by atoms with E-state index in [2.05, 4.69) is 10.1 Å². The molecule has 1 amide bonds. The summed E-state index contributed by atoms with van der Waals surface area (Å²) in [5.74, 6) is 2.74. The average molecular weight is 413 g/mol. The number of rotatable bonds is 9. The molecule has 0 aliphatic rings. The Hall–Kier alpha value is -3.00. The number of carbonyl (C=O) groups is 1. The Labute approximate surface area is 174 Å². The monoisotopic (exact) mass is 413 g/mol. The molecule has 1 aromatic carbocycles. The lowest BCUT2D eigenvalue weighted by Gasteiger charge is -2.18. The highest BCUT2D eigenvalue weighted by Gasteiger charge is 2.17. The molecular formula is C21H23N3O4S. The van der Waals surface area contributed by atoms with E-state index in [1.165, 1.54) is 11.8 Å². The van der Waals surface area contributed by atoms with Crippen molar-refractivity contribution in [1.29, 1.82) is 0 Å². The zero-order valence-electron chi connectivity index (χ0n) is 16.6. The minimum atomic E-state index is -0.102. The van der Waals surface area contributed by atoms with Gasteiger partial charge in [-0.3, -0.25) is 4.79 Å². The van der Waals surface area contributed by atoms with Gasteiger partial charge in [-0.05, 0) is 43.3 Å². The van der Waals surface area contributed by atoms with Crippen molar-refractivity contribution in [2.45, 2.75) is 17.7 Å². The molecule has 0 N–H and O–H groups in total. The summed E-state index contributed by atoms with van der Waals surface area (Å²) in [6.45, 7) is 2.68. The number of pyridine rings is 1. The summed E-state index contributed by atoms with van der Waals surface area (Å²) in [5, 5.41) is 4.64. The summed E-state index contributed by atoms with van der Waals surface area (Å²) < 4.78 is 15.9. The van der Waals surface area contributed by atoms with Crippen molar-refractivity contribution in [2.75, 3.05) is 27.3 Å².